The average Bonchev–Trinajstić information content (AvgIpc) is 2.14. The minimum absolute atomic E-state index is 0.210. The van der Waals surface area contributed by atoms with Crippen molar-refractivity contribution in [3.63, 3.8) is 0 Å². The molecule has 7 heteroatoms. The molecule has 0 aliphatic carbocycles. The third-order valence-electron chi connectivity index (χ3n) is 2.17. The molecule has 0 saturated carbocycles. The van der Waals surface area contributed by atoms with Crippen LogP contribution in [0.2, 0.25) is 10.0 Å². The second-order valence-corrected chi connectivity index (χ2v) is 4.48. The second kappa shape index (κ2) is 5.44. The number of hydrogen-bond donors (Lipinski definition) is 2. The smallest absolute Gasteiger partial charge is 0.388 e. The van der Waals surface area contributed by atoms with E-state index in [1.54, 1.807) is 0 Å². The van der Waals surface area contributed by atoms with Crippen LogP contribution in [-0.4, -0.2) is 17.3 Å². The fourth-order valence-corrected chi connectivity index (χ4v) is 1.82. The van der Waals surface area contributed by atoms with Gasteiger partial charge in [0, 0.05) is 16.5 Å². The van der Waals surface area contributed by atoms with E-state index < -0.39 is 24.7 Å². The zero-order chi connectivity index (χ0) is 13.2. The zero-order valence-electron chi connectivity index (χ0n) is 8.51. The highest BCUT2D eigenvalue weighted by Crippen LogP contribution is 2.29. The summed E-state index contributed by atoms with van der Waals surface area (Å²) >= 11 is 11.3. The molecule has 0 aromatic heterocycles. The third kappa shape index (κ3) is 4.35. The van der Waals surface area contributed by atoms with Gasteiger partial charge in [-0.3, -0.25) is 0 Å². The van der Waals surface area contributed by atoms with Gasteiger partial charge in [-0.05, 0) is 23.8 Å². The van der Waals surface area contributed by atoms with Gasteiger partial charge in [-0.2, -0.15) is 13.2 Å². The first-order chi connectivity index (χ1) is 7.70. The quantitative estimate of drug-likeness (QED) is 0.896. The lowest BCUT2D eigenvalue weighted by Crippen LogP contribution is -2.38. The molecule has 1 rings (SSSR count). The minimum Gasteiger partial charge on any atom is -0.388 e. The maximum absolute atomic E-state index is 12.2. The van der Waals surface area contributed by atoms with Crippen molar-refractivity contribution in [2.45, 2.75) is 24.7 Å². The molecule has 1 aromatic rings. The van der Waals surface area contributed by atoms with Crippen molar-refractivity contribution < 1.29 is 18.3 Å². The Balaban J connectivity index is 2.79. The lowest BCUT2D eigenvalue weighted by Gasteiger charge is -2.19. The first-order valence-corrected chi connectivity index (χ1v) is 5.42. The molecule has 0 heterocycles. The van der Waals surface area contributed by atoms with Crippen molar-refractivity contribution >= 4 is 23.2 Å². The van der Waals surface area contributed by atoms with Gasteiger partial charge in [-0.15, -0.1) is 0 Å². The van der Waals surface area contributed by atoms with E-state index in [0.717, 1.165) is 0 Å². The first-order valence-electron chi connectivity index (χ1n) is 4.66. The number of alkyl halides is 3. The summed E-state index contributed by atoms with van der Waals surface area (Å²) in [5, 5.41) is 10.1. The van der Waals surface area contributed by atoms with E-state index in [1.807, 2.05) is 0 Å². The normalized spacial score (nSPS) is 15.7. The SMILES string of the molecule is N[C@H](C[C@@H](O)c1cc(Cl)cc(Cl)c1)C(F)(F)F. The average molecular weight is 288 g/mol. The number of rotatable bonds is 3. The van der Waals surface area contributed by atoms with Crippen LogP contribution in [0.1, 0.15) is 18.1 Å². The first kappa shape index (κ1) is 14.6. The van der Waals surface area contributed by atoms with Crippen molar-refractivity contribution in [2.75, 3.05) is 0 Å². The van der Waals surface area contributed by atoms with Crippen LogP contribution in [0.25, 0.3) is 0 Å². The van der Waals surface area contributed by atoms with E-state index in [9.17, 15) is 18.3 Å². The monoisotopic (exact) mass is 287 g/mol. The van der Waals surface area contributed by atoms with E-state index in [1.165, 1.54) is 18.2 Å². The molecule has 0 unspecified atom stereocenters. The molecule has 2 nitrogen and oxygen atoms in total. The molecule has 0 bridgehead atoms. The Hall–Kier alpha value is -0.490. The lowest BCUT2D eigenvalue weighted by atomic mass is 10.0. The molecule has 1 aromatic carbocycles. The zero-order valence-corrected chi connectivity index (χ0v) is 10.0. The minimum atomic E-state index is -4.54. The molecule has 96 valence electrons. The van der Waals surface area contributed by atoms with Crippen LogP contribution in [-0.2, 0) is 0 Å². The van der Waals surface area contributed by atoms with E-state index >= 15 is 0 Å². The molecule has 0 spiro atoms. The van der Waals surface area contributed by atoms with Crippen molar-refractivity contribution in [1.29, 1.82) is 0 Å². The fraction of sp³-hybridized carbons (Fsp3) is 0.400. The van der Waals surface area contributed by atoms with Gasteiger partial charge in [0.1, 0.15) is 6.04 Å². The molecule has 0 saturated heterocycles. The maximum Gasteiger partial charge on any atom is 0.403 e. The predicted octanol–water partition coefficient (Wildman–Crippen LogP) is 3.31. The van der Waals surface area contributed by atoms with E-state index in [0.29, 0.717) is 0 Å². The molecule has 2 atom stereocenters. The van der Waals surface area contributed by atoms with Crippen LogP contribution < -0.4 is 5.73 Å². The number of benzene rings is 1. The molecular weight excluding hydrogens is 278 g/mol. The molecule has 0 fully saturated rings. The van der Waals surface area contributed by atoms with Gasteiger partial charge in [-0.25, -0.2) is 0 Å². The Labute approximate surface area is 106 Å². The molecule has 17 heavy (non-hydrogen) atoms. The largest absolute Gasteiger partial charge is 0.403 e. The number of nitrogens with two attached hydrogens (primary N) is 1. The summed E-state index contributed by atoms with van der Waals surface area (Å²) in [7, 11) is 0. The standard InChI is InChI=1S/C10H10Cl2F3NO/c11-6-1-5(2-7(12)3-6)8(17)4-9(16)10(13,14)15/h1-3,8-9,17H,4,16H2/t8-,9-/m1/s1. The van der Waals surface area contributed by atoms with Crippen molar-refractivity contribution in [1.82, 2.24) is 0 Å². The topological polar surface area (TPSA) is 46.2 Å². The van der Waals surface area contributed by atoms with E-state index in [4.69, 9.17) is 28.9 Å². The summed E-state index contributed by atoms with van der Waals surface area (Å²) < 4.78 is 36.6. The van der Waals surface area contributed by atoms with Crippen molar-refractivity contribution in [3.05, 3.63) is 33.8 Å². The van der Waals surface area contributed by atoms with Crippen molar-refractivity contribution in [3.8, 4) is 0 Å². The van der Waals surface area contributed by atoms with Gasteiger partial charge in [0.25, 0.3) is 0 Å². The number of halogens is 5. The Morgan fingerprint density at radius 2 is 1.65 bits per heavy atom. The highest BCUT2D eigenvalue weighted by atomic mass is 35.5. The van der Waals surface area contributed by atoms with Crippen LogP contribution in [0.4, 0.5) is 13.2 Å². The summed E-state index contributed by atoms with van der Waals surface area (Å²) in [4.78, 5) is 0. The molecule has 0 aliphatic rings. The van der Waals surface area contributed by atoms with Gasteiger partial charge in [0.15, 0.2) is 0 Å². The Kier molecular flexibility index (Phi) is 4.66. The summed E-state index contributed by atoms with van der Waals surface area (Å²) in [5.41, 5.74) is 5.12. The van der Waals surface area contributed by atoms with Gasteiger partial charge >= 0.3 is 6.18 Å². The van der Waals surface area contributed by atoms with E-state index in [-0.39, 0.29) is 15.6 Å². The second-order valence-electron chi connectivity index (χ2n) is 3.60. The van der Waals surface area contributed by atoms with Gasteiger partial charge < -0.3 is 10.8 Å². The van der Waals surface area contributed by atoms with Crippen LogP contribution >= 0.6 is 23.2 Å². The summed E-state index contributed by atoms with van der Waals surface area (Å²) in [5.74, 6) is 0. The Bertz CT molecular complexity index is 377. The number of aliphatic hydroxyl groups is 1. The van der Waals surface area contributed by atoms with Gasteiger partial charge in [-0.1, -0.05) is 23.2 Å². The molecule has 0 amide bonds. The predicted molar refractivity (Wildman–Crippen MR) is 60.1 cm³/mol. The molecule has 0 aliphatic heterocycles. The van der Waals surface area contributed by atoms with Gasteiger partial charge in [0.05, 0.1) is 6.10 Å². The fourth-order valence-electron chi connectivity index (χ4n) is 1.28. The lowest BCUT2D eigenvalue weighted by molar-refractivity contribution is -0.153. The van der Waals surface area contributed by atoms with E-state index in [2.05, 4.69) is 0 Å². The number of aliphatic hydroxyl groups excluding tert-OH is 1. The summed E-state index contributed by atoms with van der Waals surface area (Å²) in [6.45, 7) is 0. The van der Waals surface area contributed by atoms with Crippen LogP contribution in [0.5, 0.6) is 0 Å². The Morgan fingerprint density at radius 1 is 1.18 bits per heavy atom. The molecule has 3 N–H and O–H groups in total. The van der Waals surface area contributed by atoms with Crippen molar-refractivity contribution in [2.24, 2.45) is 5.73 Å². The summed E-state index contributed by atoms with van der Waals surface area (Å²) in [6, 6.07) is 2.03. The third-order valence-corrected chi connectivity index (χ3v) is 2.60. The van der Waals surface area contributed by atoms with Crippen LogP contribution in [0.15, 0.2) is 18.2 Å². The Morgan fingerprint density at radius 3 is 2.06 bits per heavy atom. The molecular formula is C10H10Cl2F3NO. The van der Waals surface area contributed by atoms with Gasteiger partial charge in [0.2, 0.25) is 0 Å². The summed E-state index contributed by atoms with van der Waals surface area (Å²) in [6.07, 6.45) is -6.54. The van der Waals surface area contributed by atoms with Crippen LogP contribution in [0.3, 0.4) is 0 Å². The highest BCUT2D eigenvalue weighted by Gasteiger charge is 2.37. The van der Waals surface area contributed by atoms with Crippen LogP contribution in [0, 0.1) is 0 Å². The maximum atomic E-state index is 12.2. The highest BCUT2D eigenvalue weighted by molar-refractivity contribution is 6.34. The number of hydrogen-bond acceptors (Lipinski definition) is 2. The molecule has 0 radical (unpaired) electrons.